The van der Waals surface area contributed by atoms with E-state index in [4.69, 9.17) is 4.74 Å². The van der Waals surface area contributed by atoms with E-state index in [0.29, 0.717) is 42.7 Å². The predicted octanol–water partition coefficient (Wildman–Crippen LogP) is 3.88. The van der Waals surface area contributed by atoms with Crippen molar-refractivity contribution in [2.24, 2.45) is 5.92 Å². The quantitative estimate of drug-likeness (QED) is 0.208. The van der Waals surface area contributed by atoms with Gasteiger partial charge in [-0.3, -0.25) is 19.4 Å². The lowest BCUT2D eigenvalue weighted by Crippen LogP contribution is -2.46. The molecule has 2 aliphatic heterocycles. The third-order valence-electron chi connectivity index (χ3n) is 9.62. The van der Waals surface area contributed by atoms with Gasteiger partial charge >= 0.3 is 0 Å². The molecule has 4 atom stereocenters. The van der Waals surface area contributed by atoms with Crippen LogP contribution in [0.15, 0.2) is 83.8 Å². The Hall–Kier alpha value is -4.36. The number of ether oxygens (including phenoxy) is 1. The molecule has 0 unspecified atom stereocenters. The third kappa shape index (κ3) is 4.92. The first-order valence-electron chi connectivity index (χ1n) is 15.7. The van der Waals surface area contributed by atoms with Gasteiger partial charge in [-0.1, -0.05) is 54.6 Å². The van der Waals surface area contributed by atoms with E-state index in [9.17, 15) is 19.5 Å². The fraction of sp³-hybridized carbons (Fsp3) is 0.353. The predicted molar refractivity (Wildman–Crippen MR) is 176 cm³/mol. The second kappa shape index (κ2) is 11.5. The van der Waals surface area contributed by atoms with Gasteiger partial charge < -0.3 is 19.5 Å². The number of aliphatic hydroxyl groups is 1. The lowest BCUT2D eigenvalue weighted by Gasteiger charge is -2.32. The Bertz CT molecular complexity index is 1960. The summed E-state index contributed by atoms with van der Waals surface area (Å²) in [5.41, 5.74) is 3.19. The largest absolute Gasteiger partial charge is 0.432 e. The van der Waals surface area contributed by atoms with Gasteiger partial charge in [-0.2, -0.15) is 0 Å². The highest BCUT2D eigenvalue weighted by Crippen LogP contribution is 2.59. The summed E-state index contributed by atoms with van der Waals surface area (Å²) in [6.45, 7) is 6.72. The molecule has 4 heterocycles. The minimum absolute atomic E-state index is 0.00310. The average molecular weight is 639 g/mol. The number of nitrogens with zero attached hydrogens (tertiary/aromatic N) is 5. The molecule has 0 aliphatic carbocycles. The van der Waals surface area contributed by atoms with Crippen LogP contribution in [-0.4, -0.2) is 61.6 Å². The summed E-state index contributed by atoms with van der Waals surface area (Å²) < 4.78 is 10.2. The third-order valence-corrected chi connectivity index (χ3v) is 12.1. The number of aliphatic hydroxyl groups excluding tert-OH is 1. The number of benzene rings is 3. The van der Waals surface area contributed by atoms with Gasteiger partial charge in [-0.05, 0) is 55.4 Å². The van der Waals surface area contributed by atoms with E-state index in [2.05, 4.69) is 15.4 Å². The Labute approximate surface area is 267 Å². The molecule has 0 saturated carbocycles. The van der Waals surface area contributed by atoms with Crippen LogP contribution in [0.25, 0.3) is 16.6 Å². The summed E-state index contributed by atoms with van der Waals surface area (Å²) in [6, 6.07) is 22.8. The minimum atomic E-state index is -2.80. The number of anilines is 1. The van der Waals surface area contributed by atoms with E-state index in [-0.39, 0.29) is 35.6 Å². The molecule has 2 aliphatic rings. The number of carbonyl (C=O) groups excluding carboxylic acids is 1. The molecular formula is C34H38N6O5Si. The van der Waals surface area contributed by atoms with E-state index < -0.39 is 13.9 Å². The SMILES string of the molecule is C[C@@H]1[C@@H]([Si](C)(C)O)[C@H](CCn2cc(CCO)nn2)O[C@@]12C(=O)N(Cc1ccc(-n3[nH]c4ccccc4c3=O)cc1)c1ccccc12. The van der Waals surface area contributed by atoms with Gasteiger partial charge in [0, 0.05) is 42.8 Å². The van der Waals surface area contributed by atoms with Crippen LogP contribution in [0.3, 0.4) is 0 Å². The number of rotatable bonds is 9. The maximum atomic E-state index is 14.6. The zero-order chi connectivity index (χ0) is 32.2. The van der Waals surface area contributed by atoms with E-state index in [0.717, 1.165) is 22.3 Å². The molecule has 3 aromatic carbocycles. The fourth-order valence-corrected chi connectivity index (χ4v) is 10.2. The van der Waals surface area contributed by atoms with Crippen LogP contribution in [0, 0.1) is 5.92 Å². The Kier molecular flexibility index (Phi) is 7.55. The Morgan fingerprint density at radius 2 is 1.76 bits per heavy atom. The van der Waals surface area contributed by atoms with Gasteiger partial charge in [0.15, 0.2) is 13.9 Å². The first-order chi connectivity index (χ1) is 22.1. The summed E-state index contributed by atoms with van der Waals surface area (Å²) in [7, 11) is -2.80. The Morgan fingerprint density at radius 1 is 1.02 bits per heavy atom. The van der Waals surface area contributed by atoms with Gasteiger partial charge in [-0.15, -0.1) is 5.10 Å². The molecule has 46 heavy (non-hydrogen) atoms. The molecule has 1 amide bonds. The number of hydrogen-bond donors (Lipinski definition) is 3. The van der Waals surface area contributed by atoms with E-state index >= 15 is 0 Å². The molecule has 1 saturated heterocycles. The zero-order valence-corrected chi connectivity index (χ0v) is 27.1. The summed E-state index contributed by atoms with van der Waals surface area (Å²) in [5, 5.41) is 21.4. The second-order valence-corrected chi connectivity index (χ2v) is 16.9. The zero-order valence-electron chi connectivity index (χ0n) is 26.1. The minimum Gasteiger partial charge on any atom is -0.432 e. The van der Waals surface area contributed by atoms with Gasteiger partial charge in [0.1, 0.15) is 0 Å². The Balaban J connectivity index is 1.17. The van der Waals surface area contributed by atoms with Gasteiger partial charge in [0.05, 0.1) is 40.6 Å². The van der Waals surface area contributed by atoms with Crippen molar-refractivity contribution in [3.8, 4) is 5.69 Å². The molecule has 1 fully saturated rings. The molecule has 1 spiro atoms. The number of carbonyl (C=O) groups is 1. The van der Waals surface area contributed by atoms with Crippen molar-refractivity contribution in [3.05, 3.63) is 106 Å². The van der Waals surface area contributed by atoms with Crippen molar-refractivity contribution >= 4 is 30.8 Å². The normalized spacial score (nSPS) is 22.8. The van der Waals surface area contributed by atoms with Crippen LogP contribution in [0.1, 0.15) is 30.2 Å². The highest BCUT2D eigenvalue weighted by Gasteiger charge is 2.66. The van der Waals surface area contributed by atoms with Gasteiger partial charge in [0.2, 0.25) is 0 Å². The maximum absolute atomic E-state index is 14.6. The monoisotopic (exact) mass is 638 g/mol. The van der Waals surface area contributed by atoms with Crippen molar-refractivity contribution in [2.45, 2.75) is 63.2 Å². The van der Waals surface area contributed by atoms with Crippen LogP contribution < -0.4 is 10.5 Å². The number of amides is 1. The molecule has 0 bridgehead atoms. The average Bonchev–Trinajstić information content (AvgIpc) is 3.77. The molecule has 2 aromatic heterocycles. The first kappa shape index (κ1) is 30.3. The molecule has 5 aromatic rings. The lowest BCUT2D eigenvalue weighted by atomic mass is 9.82. The Morgan fingerprint density at radius 3 is 2.50 bits per heavy atom. The molecule has 238 valence electrons. The molecule has 7 rings (SSSR count). The van der Waals surface area contributed by atoms with Crippen molar-refractivity contribution in [2.75, 3.05) is 11.5 Å². The van der Waals surface area contributed by atoms with Crippen molar-refractivity contribution in [1.29, 1.82) is 0 Å². The number of H-pyrrole nitrogens is 1. The van der Waals surface area contributed by atoms with Crippen molar-refractivity contribution < 1.29 is 19.4 Å². The van der Waals surface area contributed by atoms with Crippen LogP contribution in [0.5, 0.6) is 0 Å². The summed E-state index contributed by atoms with van der Waals surface area (Å²) in [4.78, 5) is 40.9. The summed E-state index contributed by atoms with van der Waals surface area (Å²) in [6.07, 6.45) is 2.45. The standard InChI is InChI=1S/C34H38N6O5Si/c1-22-31(46(2,3)44)30(16-18-38-21-24(17-19-41)35-37-38)45-34(22)27-9-5-7-11-29(27)39(33(34)43)20-23-12-14-25(15-13-23)40-32(42)26-8-4-6-10-28(26)36-40/h4-15,21-22,30-31,36,41,44H,16-20H2,1-3H3/t22-,30+,31-,34+/m1/s1. The first-order valence-corrected chi connectivity index (χ1v) is 18.7. The number of aromatic amines is 1. The molecular weight excluding hydrogens is 600 g/mol. The van der Waals surface area contributed by atoms with Crippen LogP contribution in [-0.2, 0) is 34.6 Å². The van der Waals surface area contributed by atoms with Gasteiger partial charge in [0.25, 0.3) is 11.5 Å². The number of aromatic nitrogens is 5. The molecule has 12 heteroatoms. The highest BCUT2D eigenvalue weighted by molar-refractivity contribution is 6.71. The smallest absolute Gasteiger partial charge is 0.279 e. The summed E-state index contributed by atoms with van der Waals surface area (Å²) >= 11 is 0. The second-order valence-electron chi connectivity index (χ2n) is 13.0. The number of para-hydroxylation sites is 2. The molecule has 0 radical (unpaired) electrons. The van der Waals surface area contributed by atoms with Crippen LogP contribution >= 0.6 is 0 Å². The lowest BCUT2D eigenvalue weighted by molar-refractivity contribution is -0.146. The molecule has 11 nitrogen and oxygen atoms in total. The number of aryl methyl sites for hydroxylation is 1. The highest BCUT2D eigenvalue weighted by atomic mass is 28.4. The maximum Gasteiger partial charge on any atom is 0.279 e. The van der Waals surface area contributed by atoms with E-state index in [1.54, 1.807) is 15.6 Å². The van der Waals surface area contributed by atoms with Crippen LogP contribution in [0.4, 0.5) is 5.69 Å². The van der Waals surface area contributed by atoms with Gasteiger partial charge in [-0.25, -0.2) is 4.68 Å². The topological polar surface area (TPSA) is 138 Å². The number of fused-ring (bicyclic) bond motifs is 3. The van der Waals surface area contributed by atoms with Crippen LogP contribution in [0.2, 0.25) is 18.6 Å². The fourth-order valence-electron chi connectivity index (χ4n) is 7.57. The molecule has 3 N–H and O–H groups in total. The van der Waals surface area contributed by atoms with Crippen molar-refractivity contribution in [3.63, 3.8) is 0 Å². The van der Waals surface area contributed by atoms with E-state index in [1.165, 1.54) is 4.68 Å². The number of nitrogens with one attached hydrogen (secondary N) is 1. The van der Waals surface area contributed by atoms with E-state index in [1.807, 2.05) is 92.9 Å². The van der Waals surface area contributed by atoms with Crippen molar-refractivity contribution in [1.82, 2.24) is 24.8 Å². The number of hydrogen-bond acceptors (Lipinski definition) is 7. The summed E-state index contributed by atoms with van der Waals surface area (Å²) in [5.74, 6) is -0.395.